The monoisotopic (exact) mass is 232 g/mol. The number of nitrogens with zero attached hydrogens (tertiary/aromatic N) is 3. The van der Waals surface area contributed by atoms with Crippen LogP contribution >= 0.6 is 0 Å². The number of hydrogen-bond donors (Lipinski definition) is 1. The molecule has 2 heterocycles. The first-order valence-corrected chi connectivity index (χ1v) is 4.70. The molecule has 1 aliphatic rings. The smallest absolute Gasteiger partial charge is 0.362 e. The summed E-state index contributed by atoms with van der Waals surface area (Å²) in [6.45, 7) is 0.354. The molecule has 8 heteroatoms. The molecule has 1 N–H and O–H groups in total. The van der Waals surface area contributed by atoms with Gasteiger partial charge in [0.05, 0.1) is 7.11 Å². The van der Waals surface area contributed by atoms with E-state index in [9.17, 15) is 13.6 Å². The molecule has 0 aliphatic carbocycles. The first-order chi connectivity index (χ1) is 7.65. The largest absolute Gasteiger partial charge is 0.464 e. The maximum Gasteiger partial charge on any atom is 0.362 e. The van der Waals surface area contributed by atoms with Gasteiger partial charge >= 0.3 is 5.97 Å². The van der Waals surface area contributed by atoms with Gasteiger partial charge in [-0.25, -0.2) is 18.3 Å². The van der Waals surface area contributed by atoms with Gasteiger partial charge in [-0.1, -0.05) is 5.21 Å². The lowest BCUT2D eigenvalue weighted by Crippen LogP contribution is -2.28. The van der Waals surface area contributed by atoms with Crippen molar-refractivity contribution in [2.24, 2.45) is 0 Å². The quantitative estimate of drug-likeness (QED) is 0.759. The summed E-state index contributed by atoms with van der Waals surface area (Å²) in [6.07, 6.45) is -2.29. The first kappa shape index (κ1) is 10.8. The number of aromatic nitrogens is 3. The van der Waals surface area contributed by atoms with Gasteiger partial charge in [0.25, 0.3) is 6.43 Å². The molecule has 2 rings (SSSR count). The van der Waals surface area contributed by atoms with E-state index >= 15 is 0 Å². The molecule has 0 spiro atoms. The molecule has 1 aromatic rings. The van der Waals surface area contributed by atoms with Crippen molar-refractivity contribution < 1.29 is 18.3 Å². The minimum atomic E-state index is -2.53. The van der Waals surface area contributed by atoms with Crippen LogP contribution in [0.3, 0.4) is 0 Å². The number of esters is 1. The second-order valence-corrected chi connectivity index (χ2v) is 3.34. The Bertz CT molecular complexity index is 407. The van der Waals surface area contributed by atoms with Gasteiger partial charge in [0.2, 0.25) is 5.69 Å². The number of carbonyl (C=O) groups is 1. The van der Waals surface area contributed by atoms with Crippen molar-refractivity contribution in [3.8, 4) is 0 Å². The lowest BCUT2D eigenvalue weighted by molar-refractivity contribution is 0.0592. The van der Waals surface area contributed by atoms with Crippen LogP contribution in [0.5, 0.6) is 0 Å². The number of hydrogen-bond acceptors (Lipinski definition) is 5. The number of rotatable bonds is 2. The van der Waals surface area contributed by atoms with E-state index in [-0.39, 0.29) is 17.9 Å². The highest BCUT2D eigenvalue weighted by atomic mass is 19.3. The van der Waals surface area contributed by atoms with Gasteiger partial charge in [0.1, 0.15) is 6.04 Å². The molecule has 0 saturated carbocycles. The highest BCUT2D eigenvalue weighted by Gasteiger charge is 2.32. The fourth-order valence-corrected chi connectivity index (χ4v) is 1.62. The van der Waals surface area contributed by atoms with Crippen LogP contribution in [-0.4, -0.2) is 41.0 Å². The number of ether oxygens (including phenoxy) is 1. The molecule has 0 bridgehead atoms. The Morgan fingerprint density at radius 1 is 1.69 bits per heavy atom. The Morgan fingerprint density at radius 3 is 3.06 bits per heavy atom. The summed E-state index contributed by atoms with van der Waals surface area (Å²) in [6, 6.07) is -1.04. The summed E-state index contributed by atoms with van der Waals surface area (Å²) in [4.78, 5) is 11.3. The summed E-state index contributed by atoms with van der Waals surface area (Å²) >= 11 is 0. The van der Waals surface area contributed by atoms with Crippen molar-refractivity contribution in [3.63, 3.8) is 0 Å². The molecule has 0 amide bonds. The van der Waals surface area contributed by atoms with Crippen LogP contribution < -0.4 is 5.32 Å². The zero-order valence-corrected chi connectivity index (χ0v) is 8.48. The third-order valence-electron chi connectivity index (χ3n) is 2.41. The minimum Gasteiger partial charge on any atom is -0.464 e. The van der Waals surface area contributed by atoms with E-state index in [2.05, 4.69) is 20.4 Å². The van der Waals surface area contributed by atoms with E-state index in [4.69, 9.17) is 0 Å². The van der Waals surface area contributed by atoms with Crippen LogP contribution in [0.4, 0.5) is 14.6 Å². The van der Waals surface area contributed by atoms with Crippen molar-refractivity contribution in [1.82, 2.24) is 15.0 Å². The van der Waals surface area contributed by atoms with Crippen LogP contribution in [0.1, 0.15) is 23.0 Å². The SMILES string of the molecule is COC(=O)c1nnn2c1NCCC2C(F)F. The Balaban J connectivity index is 2.38. The van der Waals surface area contributed by atoms with Crippen LogP contribution in [-0.2, 0) is 4.74 Å². The summed E-state index contributed by atoms with van der Waals surface area (Å²) in [5.41, 5.74) is -0.0622. The summed E-state index contributed by atoms with van der Waals surface area (Å²) < 4.78 is 30.8. The molecule has 1 atom stereocenters. The van der Waals surface area contributed by atoms with Crippen LogP contribution in [0.2, 0.25) is 0 Å². The standard InChI is InChI=1S/C8H10F2N4O2/c1-16-8(15)5-7-11-3-2-4(6(9)10)14(7)13-12-5/h4,6,11H,2-3H2,1H3. The number of methoxy groups -OCH3 is 1. The van der Waals surface area contributed by atoms with Gasteiger partial charge < -0.3 is 10.1 Å². The maximum atomic E-state index is 12.7. The second kappa shape index (κ2) is 4.03. The molecule has 1 unspecified atom stereocenters. The van der Waals surface area contributed by atoms with Gasteiger partial charge in [-0.15, -0.1) is 5.10 Å². The number of halogens is 2. The van der Waals surface area contributed by atoms with Crippen LogP contribution in [0, 0.1) is 0 Å². The number of fused-ring (bicyclic) bond motifs is 1. The first-order valence-electron chi connectivity index (χ1n) is 4.70. The highest BCUT2D eigenvalue weighted by molar-refractivity contribution is 5.92. The molecule has 16 heavy (non-hydrogen) atoms. The average molecular weight is 232 g/mol. The Labute approximate surface area is 89.6 Å². The highest BCUT2D eigenvalue weighted by Crippen LogP contribution is 2.29. The molecule has 88 valence electrons. The number of nitrogens with one attached hydrogen (secondary N) is 1. The molecular weight excluding hydrogens is 222 g/mol. The number of anilines is 1. The van der Waals surface area contributed by atoms with Crippen molar-refractivity contribution in [3.05, 3.63) is 5.69 Å². The zero-order valence-electron chi connectivity index (χ0n) is 8.48. The zero-order chi connectivity index (χ0) is 11.7. The topological polar surface area (TPSA) is 69.0 Å². The summed E-state index contributed by atoms with van der Waals surface area (Å²) in [5, 5.41) is 9.91. The van der Waals surface area contributed by atoms with Gasteiger partial charge in [-0.3, -0.25) is 0 Å². The second-order valence-electron chi connectivity index (χ2n) is 3.34. The van der Waals surface area contributed by atoms with Crippen molar-refractivity contribution in [2.45, 2.75) is 18.9 Å². The average Bonchev–Trinajstić information content (AvgIpc) is 2.71. The van der Waals surface area contributed by atoms with E-state index in [0.717, 1.165) is 4.68 Å². The predicted molar refractivity (Wildman–Crippen MR) is 49.5 cm³/mol. The number of carbonyl (C=O) groups excluding carboxylic acids is 1. The van der Waals surface area contributed by atoms with Gasteiger partial charge in [-0.2, -0.15) is 0 Å². The fourth-order valence-electron chi connectivity index (χ4n) is 1.62. The Morgan fingerprint density at radius 2 is 2.44 bits per heavy atom. The van der Waals surface area contributed by atoms with Gasteiger partial charge in [-0.05, 0) is 6.42 Å². The third-order valence-corrected chi connectivity index (χ3v) is 2.41. The maximum absolute atomic E-state index is 12.7. The van der Waals surface area contributed by atoms with Gasteiger partial charge in [0.15, 0.2) is 5.82 Å². The Kier molecular flexibility index (Phi) is 2.71. The van der Waals surface area contributed by atoms with Gasteiger partial charge in [0, 0.05) is 6.54 Å². The fraction of sp³-hybridized carbons (Fsp3) is 0.625. The van der Waals surface area contributed by atoms with E-state index in [1.165, 1.54) is 7.11 Å². The lowest BCUT2D eigenvalue weighted by Gasteiger charge is -2.24. The molecule has 1 aromatic heterocycles. The molecule has 0 fully saturated rings. The molecule has 0 radical (unpaired) electrons. The Hall–Kier alpha value is -1.73. The van der Waals surface area contributed by atoms with E-state index in [0.29, 0.717) is 6.54 Å². The van der Waals surface area contributed by atoms with E-state index < -0.39 is 18.4 Å². The number of alkyl halides is 2. The predicted octanol–water partition coefficient (Wildman–Crippen LogP) is 0.686. The van der Waals surface area contributed by atoms with E-state index in [1.807, 2.05) is 0 Å². The van der Waals surface area contributed by atoms with Crippen molar-refractivity contribution >= 4 is 11.8 Å². The van der Waals surface area contributed by atoms with Crippen LogP contribution in [0.25, 0.3) is 0 Å². The van der Waals surface area contributed by atoms with Crippen LogP contribution in [0.15, 0.2) is 0 Å². The van der Waals surface area contributed by atoms with E-state index in [1.54, 1.807) is 0 Å². The lowest BCUT2D eigenvalue weighted by atomic mass is 10.2. The molecule has 0 aromatic carbocycles. The molecule has 0 saturated heterocycles. The summed E-state index contributed by atoms with van der Waals surface area (Å²) in [7, 11) is 1.20. The summed E-state index contributed by atoms with van der Waals surface area (Å²) in [5.74, 6) is -0.493. The van der Waals surface area contributed by atoms with Crippen molar-refractivity contribution in [2.75, 3.05) is 19.0 Å². The third kappa shape index (κ3) is 1.59. The molecular formula is C8H10F2N4O2. The minimum absolute atomic E-state index is 0.0622. The van der Waals surface area contributed by atoms with Crippen molar-refractivity contribution in [1.29, 1.82) is 0 Å². The normalized spacial score (nSPS) is 19.1. The molecule has 1 aliphatic heterocycles. The molecule has 6 nitrogen and oxygen atoms in total.